The number of carbonyl (C=O) groups is 1. The highest BCUT2D eigenvalue weighted by Crippen LogP contribution is 2.27. The van der Waals surface area contributed by atoms with E-state index in [1.165, 1.54) is 0 Å². The molecule has 0 unspecified atom stereocenters. The predicted molar refractivity (Wildman–Crippen MR) is 130 cm³/mol. The van der Waals surface area contributed by atoms with Crippen LogP contribution >= 0.6 is 0 Å². The highest BCUT2D eigenvalue weighted by Gasteiger charge is 2.29. The molecule has 1 aliphatic heterocycles. The summed E-state index contributed by atoms with van der Waals surface area (Å²) in [6, 6.07) is 13.8. The number of anilines is 1. The number of aromatic nitrogens is 4. The van der Waals surface area contributed by atoms with Gasteiger partial charge in [0.25, 0.3) is 5.91 Å². The molecule has 0 radical (unpaired) electrons. The van der Waals surface area contributed by atoms with Crippen LogP contribution in [0.25, 0.3) is 17.1 Å². The van der Waals surface area contributed by atoms with E-state index in [2.05, 4.69) is 31.5 Å². The molecule has 1 fully saturated rings. The van der Waals surface area contributed by atoms with Crippen LogP contribution in [0.3, 0.4) is 0 Å². The number of likely N-dealkylation sites (N-methyl/N-ethyl adjacent to an activating group) is 1. The molecule has 1 aliphatic rings. The van der Waals surface area contributed by atoms with Crippen molar-refractivity contribution in [3.8, 4) is 17.5 Å². The number of carbonyl (C=O) groups excluding carboxylic acids is 1. The standard InChI is InChI=1S/C25H25FN8O2/c1-16-9-22(36-31-16)20-10-23-29-21(25(35)28-14-18-5-3-17(13-27)4-6-18)11-24(34(23)30-20)33-8-7-32(2)15-19(33)12-26/h3-6,9-11,19H,7-8,12,14-15H2,1-2H3,(H,28,35)/t19-/m1/s1. The first kappa shape index (κ1) is 23.4. The van der Waals surface area contributed by atoms with Crippen molar-refractivity contribution in [2.45, 2.75) is 19.5 Å². The van der Waals surface area contributed by atoms with Gasteiger partial charge in [-0.25, -0.2) is 9.37 Å². The van der Waals surface area contributed by atoms with Crippen LogP contribution in [0.1, 0.15) is 27.3 Å². The summed E-state index contributed by atoms with van der Waals surface area (Å²) in [5.74, 6) is 0.699. The van der Waals surface area contributed by atoms with Crippen LogP contribution in [-0.4, -0.2) is 70.0 Å². The summed E-state index contributed by atoms with van der Waals surface area (Å²) in [6.07, 6.45) is 0. The Morgan fingerprint density at radius 3 is 2.75 bits per heavy atom. The number of fused-ring (bicyclic) bond motifs is 1. The van der Waals surface area contributed by atoms with Gasteiger partial charge in [0.1, 0.15) is 23.9 Å². The minimum absolute atomic E-state index is 0.197. The fraction of sp³-hybridized carbons (Fsp3) is 0.320. The molecule has 1 amide bonds. The number of rotatable bonds is 6. The maximum Gasteiger partial charge on any atom is 0.270 e. The molecule has 0 aliphatic carbocycles. The minimum Gasteiger partial charge on any atom is -0.354 e. The second-order valence-electron chi connectivity index (χ2n) is 8.89. The smallest absolute Gasteiger partial charge is 0.270 e. The molecule has 1 saturated heterocycles. The summed E-state index contributed by atoms with van der Waals surface area (Å²) in [4.78, 5) is 21.7. The highest BCUT2D eigenvalue weighted by atomic mass is 19.1. The van der Waals surface area contributed by atoms with Crippen molar-refractivity contribution in [1.29, 1.82) is 5.26 Å². The third kappa shape index (κ3) is 4.63. The Morgan fingerprint density at radius 1 is 1.25 bits per heavy atom. The van der Waals surface area contributed by atoms with Crippen LogP contribution in [0, 0.1) is 18.3 Å². The quantitative estimate of drug-likeness (QED) is 0.440. The van der Waals surface area contributed by atoms with Gasteiger partial charge in [0, 0.05) is 44.4 Å². The molecule has 4 aromatic rings. The number of nitrogens with one attached hydrogen (secondary N) is 1. The van der Waals surface area contributed by atoms with Gasteiger partial charge < -0.3 is 19.6 Å². The molecular formula is C25H25FN8O2. The summed E-state index contributed by atoms with van der Waals surface area (Å²) in [5.41, 5.74) is 3.28. The van der Waals surface area contributed by atoms with E-state index in [-0.39, 0.29) is 24.2 Å². The molecule has 4 heterocycles. The molecule has 0 bridgehead atoms. The Bertz CT molecular complexity index is 1440. The molecule has 11 heteroatoms. The first-order valence-corrected chi connectivity index (χ1v) is 11.6. The number of hydrogen-bond acceptors (Lipinski definition) is 8. The van der Waals surface area contributed by atoms with Gasteiger partial charge in [-0.3, -0.25) is 4.79 Å². The number of amides is 1. The number of halogens is 1. The van der Waals surface area contributed by atoms with E-state index in [9.17, 15) is 9.18 Å². The number of benzene rings is 1. The maximum absolute atomic E-state index is 14.0. The average molecular weight is 489 g/mol. The molecule has 36 heavy (non-hydrogen) atoms. The summed E-state index contributed by atoms with van der Waals surface area (Å²) in [6.45, 7) is 3.43. The Balaban J connectivity index is 1.50. The zero-order valence-corrected chi connectivity index (χ0v) is 20.0. The van der Waals surface area contributed by atoms with Crippen LogP contribution in [0.5, 0.6) is 0 Å². The molecule has 0 saturated carbocycles. The van der Waals surface area contributed by atoms with Gasteiger partial charge in [0.15, 0.2) is 11.4 Å². The maximum atomic E-state index is 14.0. The Labute approximate surface area is 206 Å². The van der Waals surface area contributed by atoms with E-state index >= 15 is 0 Å². The predicted octanol–water partition coefficient (Wildman–Crippen LogP) is 2.58. The first-order chi connectivity index (χ1) is 17.4. The van der Waals surface area contributed by atoms with Crippen molar-refractivity contribution in [3.05, 3.63) is 65.0 Å². The normalized spacial score (nSPS) is 16.3. The van der Waals surface area contributed by atoms with Crippen molar-refractivity contribution in [1.82, 2.24) is 30.0 Å². The van der Waals surface area contributed by atoms with Gasteiger partial charge in [0.05, 0.1) is 23.4 Å². The minimum atomic E-state index is -0.538. The van der Waals surface area contributed by atoms with Crippen molar-refractivity contribution < 1.29 is 13.7 Å². The third-order valence-electron chi connectivity index (χ3n) is 6.22. The molecular weight excluding hydrogens is 463 g/mol. The number of aryl methyl sites for hydroxylation is 1. The topological polar surface area (TPSA) is 116 Å². The SMILES string of the molecule is Cc1cc(-c2cc3nc(C(=O)NCc4ccc(C#N)cc4)cc(N4CCN(C)C[C@H]4CF)n3n2)on1. The lowest BCUT2D eigenvalue weighted by atomic mass is 10.1. The van der Waals surface area contributed by atoms with Gasteiger partial charge in [-0.1, -0.05) is 17.3 Å². The van der Waals surface area contributed by atoms with Gasteiger partial charge >= 0.3 is 0 Å². The van der Waals surface area contributed by atoms with Crippen molar-refractivity contribution in [2.24, 2.45) is 0 Å². The lowest BCUT2D eigenvalue weighted by Crippen LogP contribution is -2.53. The van der Waals surface area contributed by atoms with E-state index in [0.717, 1.165) is 17.8 Å². The number of alkyl halides is 1. The van der Waals surface area contributed by atoms with Crippen LogP contribution in [0.2, 0.25) is 0 Å². The molecule has 1 N–H and O–H groups in total. The molecule has 3 aromatic heterocycles. The third-order valence-corrected chi connectivity index (χ3v) is 6.22. The van der Waals surface area contributed by atoms with Gasteiger partial charge in [0.2, 0.25) is 0 Å². The van der Waals surface area contributed by atoms with E-state index in [0.29, 0.717) is 41.6 Å². The summed E-state index contributed by atoms with van der Waals surface area (Å²) in [5, 5.41) is 20.4. The zero-order valence-electron chi connectivity index (χ0n) is 20.0. The van der Waals surface area contributed by atoms with Crippen molar-refractivity contribution in [3.63, 3.8) is 0 Å². The number of nitrogens with zero attached hydrogens (tertiary/aromatic N) is 7. The average Bonchev–Trinajstić information content (AvgIpc) is 3.53. The van der Waals surface area contributed by atoms with Crippen LogP contribution in [0.4, 0.5) is 10.2 Å². The van der Waals surface area contributed by atoms with E-state index in [1.54, 1.807) is 47.0 Å². The molecule has 5 rings (SSSR count). The van der Waals surface area contributed by atoms with Gasteiger partial charge in [-0.15, -0.1) is 0 Å². The van der Waals surface area contributed by atoms with Gasteiger partial charge in [-0.2, -0.15) is 14.9 Å². The second kappa shape index (κ2) is 9.75. The Hall–Kier alpha value is -4.30. The zero-order chi connectivity index (χ0) is 25.2. The lowest BCUT2D eigenvalue weighted by Gasteiger charge is -2.40. The van der Waals surface area contributed by atoms with Crippen LogP contribution < -0.4 is 10.2 Å². The van der Waals surface area contributed by atoms with Crippen molar-refractivity contribution in [2.75, 3.05) is 38.3 Å². The fourth-order valence-corrected chi connectivity index (χ4v) is 4.30. The van der Waals surface area contributed by atoms with Crippen LogP contribution in [0.15, 0.2) is 47.0 Å². The number of nitriles is 1. The summed E-state index contributed by atoms with van der Waals surface area (Å²) >= 11 is 0. The molecule has 1 atom stereocenters. The number of piperazine rings is 1. The van der Waals surface area contributed by atoms with E-state index in [1.807, 2.05) is 18.9 Å². The van der Waals surface area contributed by atoms with Crippen molar-refractivity contribution >= 4 is 17.4 Å². The molecule has 10 nitrogen and oxygen atoms in total. The Kier molecular flexibility index (Phi) is 6.35. The first-order valence-electron chi connectivity index (χ1n) is 11.6. The lowest BCUT2D eigenvalue weighted by molar-refractivity contribution is 0.0946. The molecule has 0 spiro atoms. The van der Waals surface area contributed by atoms with E-state index < -0.39 is 6.67 Å². The van der Waals surface area contributed by atoms with Gasteiger partial charge in [-0.05, 0) is 31.7 Å². The highest BCUT2D eigenvalue weighted by molar-refractivity contribution is 5.93. The molecule has 1 aromatic carbocycles. The molecule has 184 valence electrons. The summed E-state index contributed by atoms with van der Waals surface area (Å²) in [7, 11) is 1.96. The monoisotopic (exact) mass is 488 g/mol. The van der Waals surface area contributed by atoms with E-state index in [4.69, 9.17) is 9.78 Å². The number of hydrogen-bond donors (Lipinski definition) is 1. The van der Waals surface area contributed by atoms with Crippen LogP contribution in [-0.2, 0) is 6.54 Å². The Morgan fingerprint density at radius 2 is 2.06 bits per heavy atom. The second-order valence-corrected chi connectivity index (χ2v) is 8.89. The largest absolute Gasteiger partial charge is 0.354 e. The fourth-order valence-electron chi connectivity index (χ4n) is 4.30. The summed E-state index contributed by atoms with van der Waals surface area (Å²) < 4.78 is 21.0.